The van der Waals surface area contributed by atoms with Crippen molar-refractivity contribution in [2.75, 3.05) is 18.0 Å². The molecule has 3 aromatic rings. The fourth-order valence-corrected chi connectivity index (χ4v) is 3.60. The van der Waals surface area contributed by atoms with Gasteiger partial charge in [-0.25, -0.2) is 4.98 Å². The van der Waals surface area contributed by atoms with Crippen molar-refractivity contribution in [2.45, 2.75) is 18.8 Å². The molecule has 27 heavy (non-hydrogen) atoms. The molecule has 1 aliphatic rings. The Bertz CT molecular complexity index is 991. The molecule has 1 aromatic heterocycles. The maximum atomic E-state index is 11.4. The van der Waals surface area contributed by atoms with Gasteiger partial charge in [-0.3, -0.25) is 20.2 Å². The first kappa shape index (κ1) is 17.0. The van der Waals surface area contributed by atoms with Crippen LogP contribution in [-0.2, 0) is 0 Å². The van der Waals surface area contributed by atoms with Crippen LogP contribution >= 0.6 is 0 Å². The van der Waals surface area contributed by atoms with Gasteiger partial charge >= 0.3 is 0 Å². The van der Waals surface area contributed by atoms with Crippen molar-refractivity contribution >= 4 is 28.1 Å². The number of nitro groups is 2. The van der Waals surface area contributed by atoms with E-state index in [1.807, 2.05) is 29.2 Å². The van der Waals surface area contributed by atoms with E-state index in [0.717, 1.165) is 35.8 Å². The van der Waals surface area contributed by atoms with Crippen LogP contribution in [0.15, 0.2) is 42.5 Å². The molecule has 1 fully saturated rings. The number of aromatic amines is 1. The predicted molar refractivity (Wildman–Crippen MR) is 100 cm³/mol. The second-order valence-electron chi connectivity index (χ2n) is 6.59. The van der Waals surface area contributed by atoms with E-state index in [2.05, 4.69) is 9.97 Å². The molecule has 138 valence electrons. The molecule has 2 heterocycles. The van der Waals surface area contributed by atoms with E-state index in [1.54, 1.807) is 0 Å². The number of fused-ring (bicyclic) bond motifs is 1. The minimum atomic E-state index is -0.620. The van der Waals surface area contributed by atoms with E-state index in [9.17, 15) is 20.2 Å². The molecule has 0 unspecified atom stereocenters. The molecular weight excluding hydrogens is 350 g/mol. The van der Waals surface area contributed by atoms with Gasteiger partial charge in [0.25, 0.3) is 11.4 Å². The number of nitrogens with zero attached hydrogens (tertiary/aromatic N) is 4. The third kappa shape index (κ3) is 3.19. The zero-order valence-corrected chi connectivity index (χ0v) is 14.4. The molecule has 0 spiro atoms. The average molecular weight is 367 g/mol. The summed E-state index contributed by atoms with van der Waals surface area (Å²) in [4.78, 5) is 31.0. The minimum absolute atomic E-state index is 0.230. The molecule has 1 saturated heterocycles. The number of piperidine rings is 1. The van der Waals surface area contributed by atoms with Crippen LogP contribution in [0.1, 0.15) is 24.6 Å². The molecule has 9 heteroatoms. The monoisotopic (exact) mass is 367 g/mol. The van der Waals surface area contributed by atoms with Crippen molar-refractivity contribution in [3.63, 3.8) is 0 Å². The fraction of sp³-hybridized carbons (Fsp3) is 0.278. The summed E-state index contributed by atoms with van der Waals surface area (Å²) < 4.78 is 0. The number of para-hydroxylation sites is 2. The number of non-ortho nitro benzene ring substituents is 1. The fourth-order valence-electron chi connectivity index (χ4n) is 3.60. The molecule has 0 saturated carbocycles. The van der Waals surface area contributed by atoms with Crippen LogP contribution in [0.4, 0.5) is 17.1 Å². The smallest absolute Gasteiger partial charge is 0.299 e. The molecule has 0 atom stereocenters. The Hall–Kier alpha value is -3.49. The standard InChI is InChI=1S/C18H17N5O4/c24-22(25)13-5-6-16(17(11-13)23(26)27)21-9-7-12(8-10-21)18-19-14-3-1-2-4-15(14)20-18/h1-6,11-12H,7-10H2,(H,19,20). The maximum Gasteiger partial charge on any atom is 0.299 e. The SMILES string of the molecule is O=[N+]([O-])c1ccc(N2CCC(c3nc4ccccc4[nH]3)CC2)c([N+](=O)[O-])c1. The van der Waals surface area contributed by atoms with Crippen LogP contribution in [0, 0.1) is 20.2 Å². The molecule has 1 aliphatic heterocycles. The van der Waals surface area contributed by atoms with Crippen LogP contribution in [0.3, 0.4) is 0 Å². The summed E-state index contributed by atoms with van der Waals surface area (Å²) in [6.45, 7) is 1.25. The van der Waals surface area contributed by atoms with Gasteiger partial charge in [-0.2, -0.15) is 0 Å². The molecule has 1 N–H and O–H groups in total. The minimum Gasteiger partial charge on any atom is -0.366 e. The molecule has 0 radical (unpaired) electrons. The van der Waals surface area contributed by atoms with Crippen LogP contribution in [-0.4, -0.2) is 32.9 Å². The Balaban J connectivity index is 1.53. The number of anilines is 1. The van der Waals surface area contributed by atoms with Crippen molar-refractivity contribution in [1.29, 1.82) is 0 Å². The number of nitrogens with one attached hydrogen (secondary N) is 1. The molecular formula is C18H17N5O4. The van der Waals surface area contributed by atoms with Gasteiger partial charge in [-0.1, -0.05) is 12.1 Å². The Morgan fingerprint density at radius 1 is 1.04 bits per heavy atom. The van der Waals surface area contributed by atoms with E-state index >= 15 is 0 Å². The summed E-state index contributed by atoms with van der Waals surface area (Å²) in [5.41, 5.74) is 1.85. The number of hydrogen-bond donors (Lipinski definition) is 1. The maximum absolute atomic E-state index is 11.4. The van der Waals surface area contributed by atoms with E-state index in [1.165, 1.54) is 12.1 Å². The topological polar surface area (TPSA) is 118 Å². The summed E-state index contributed by atoms with van der Waals surface area (Å²) in [6.07, 6.45) is 1.60. The third-order valence-electron chi connectivity index (χ3n) is 5.00. The molecule has 4 rings (SSSR count). The lowest BCUT2D eigenvalue weighted by Gasteiger charge is -2.32. The highest BCUT2D eigenvalue weighted by molar-refractivity contribution is 5.75. The first-order valence-corrected chi connectivity index (χ1v) is 8.65. The van der Waals surface area contributed by atoms with Crippen molar-refractivity contribution in [2.24, 2.45) is 0 Å². The third-order valence-corrected chi connectivity index (χ3v) is 5.00. The van der Waals surface area contributed by atoms with Gasteiger partial charge in [-0.05, 0) is 31.0 Å². The quantitative estimate of drug-likeness (QED) is 0.554. The zero-order chi connectivity index (χ0) is 19.0. The number of hydrogen-bond acceptors (Lipinski definition) is 6. The average Bonchev–Trinajstić information content (AvgIpc) is 3.12. The second kappa shape index (κ2) is 6.67. The van der Waals surface area contributed by atoms with Crippen LogP contribution in [0.25, 0.3) is 11.0 Å². The lowest BCUT2D eigenvalue weighted by molar-refractivity contribution is -0.393. The largest absolute Gasteiger partial charge is 0.366 e. The van der Waals surface area contributed by atoms with Crippen LogP contribution in [0.5, 0.6) is 0 Å². The Morgan fingerprint density at radius 3 is 2.44 bits per heavy atom. The number of nitro benzene ring substituents is 2. The Kier molecular flexibility index (Phi) is 4.19. The van der Waals surface area contributed by atoms with Crippen molar-refractivity contribution in [3.05, 3.63) is 68.5 Å². The van der Waals surface area contributed by atoms with Crippen molar-refractivity contribution < 1.29 is 9.85 Å². The predicted octanol–water partition coefficient (Wildman–Crippen LogP) is 3.76. The van der Waals surface area contributed by atoms with Gasteiger partial charge in [-0.15, -0.1) is 0 Å². The normalized spacial score (nSPS) is 15.2. The van der Waals surface area contributed by atoms with Crippen LogP contribution in [0.2, 0.25) is 0 Å². The lowest BCUT2D eigenvalue weighted by Crippen LogP contribution is -2.33. The van der Waals surface area contributed by atoms with Crippen molar-refractivity contribution in [3.8, 4) is 0 Å². The van der Waals surface area contributed by atoms with Crippen molar-refractivity contribution in [1.82, 2.24) is 9.97 Å². The molecule has 0 amide bonds. The highest BCUT2D eigenvalue weighted by Gasteiger charge is 2.28. The number of aromatic nitrogens is 2. The van der Waals surface area contributed by atoms with Gasteiger partial charge < -0.3 is 9.88 Å². The lowest BCUT2D eigenvalue weighted by atomic mass is 9.95. The first-order valence-electron chi connectivity index (χ1n) is 8.65. The number of imidazole rings is 1. The van der Waals surface area contributed by atoms with E-state index in [4.69, 9.17) is 0 Å². The molecule has 0 bridgehead atoms. The number of benzene rings is 2. The summed E-state index contributed by atoms with van der Waals surface area (Å²) in [5, 5.41) is 22.3. The Morgan fingerprint density at radius 2 is 1.78 bits per heavy atom. The van der Waals surface area contributed by atoms with Crippen LogP contribution < -0.4 is 4.90 Å². The first-order chi connectivity index (χ1) is 13.0. The van der Waals surface area contributed by atoms with Gasteiger partial charge in [0.05, 0.1) is 26.9 Å². The van der Waals surface area contributed by atoms with Gasteiger partial charge in [0.2, 0.25) is 0 Å². The highest BCUT2D eigenvalue weighted by atomic mass is 16.6. The number of H-pyrrole nitrogens is 1. The van der Waals surface area contributed by atoms with Gasteiger partial charge in [0.15, 0.2) is 0 Å². The molecule has 2 aromatic carbocycles. The summed E-state index contributed by atoms with van der Waals surface area (Å²) in [5.74, 6) is 1.19. The van der Waals surface area contributed by atoms with E-state index < -0.39 is 9.85 Å². The number of rotatable bonds is 4. The summed E-state index contributed by atoms with van der Waals surface area (Å²) in [7, 11) is 0. The van der Waals surface area contributed by atoms with E-state index in [-0.39, 0.29) is 17.3 Å². The molecule has 0 aliphatic carbocycles. The Labute approximate surface area is 153 Å². The summed E-state index contributed by atoms with van der Waals surface area (Å²) in [6, 6.07) is 11.7. The second-order valence-corrected chi connectivity index (χ2v) is 6.59. The van der Waals surface area contributed by atoms with Gasteiger partial charge in [0.1, 0.15) is 11.5 Å². The van der Waals surface area contributed by atoms with E-state index in [0.29, 0.717) is 18.8 Å². The summed E-state index contributed by atoms with van der Waals surface area (Å²) >= 11 is 0. The highest BCUT2D eigenvalue weighted by Crippen LogP contribution is 2.36. The zero-order valence-electron chi connectivity index (χ0n) is 14.4. The molecule has 9 nitrogen and oxygen atoms in total. The van der Waals surface area contributed by atoms with Gasteiger partial charge in [0, 0.05) is 25.1 Å².